The molecule has 1 aliphatic rings. The number of hydrogen-bond acceptors (Lipinski definition) is 3. The van der Waals surface area contributed by atoms with E-state index in [4.69, 9.17) is 4.74 Å². The van der Waals surface area contributed by atoms with E-state index in [0.717, 1.165) is 28.6 Å². The summed E-state index contributed by atoms with van der Waals surface area (Å²) in [5.41, 5.74) is 4.40. The molecular weight excluding hydrogens is 482 g/mol. The molecule has 5 heteroatoms. The molecular formula is C32H40FO3P. The highest BCUT2D eigenvalue weighted by molar-refractivity contribution is 7.62. The Balaban J connectivity index is 1.60. The second kappa shape index (κ2) is 10.7. The number of ether oxygens (including phenoxy) is 1. The lowest BCUT2D eigenvalue weighted by atomic mass is 9.75. The van der Waals surface area contributed by atoms with Crippen LogP contribution >= 0.6 is 7.14 Å². The number of phenolic OH excluding ortho intramolecular Hbond substituents is 1. The minimum atomic E-state index is -2.13. The van der Waals surface area contributed by atoms with Gasteiger partial charge in [0.1, 0.15) is 23.9 Å². The van der Waals surface area contributed by atoms with Gasteiger partial charge in [0.25, 0.3) is 0 Å². The van der Waals surface area contributed by atoms with Crippen molar-refractivity contribution in [3.8, 4) is 22.6 Å². The molecule has 3 aromatic rings. The van der Waals surface area contributed by atoms with E-state index < -0.39 is 7.14 Å². The van der Waals surface area contributed by atoms with Gasteiger partial charge in [-0.3, -0.25) is 0 Å². The van der Waals surface area contributed by atoms with E-state index in [1.54, 1.807) is 0 Å². The fourth-order valence-electron chi connectivity index (χ4n) is 4.99. The van der Waals surface area contributed by atoms with Crippen molar-refractivity contribution < 1.29 is 18.8 Å². The van der Waals surface area contributed by atoms with Crippen molar-refractivity contribution >= 4 is 7.14 Å². The van der Waals surface area contributed by atoms with Crippen LogP contribution in [0.2, 0.25) is 0 Å². The molecule has 3 aromatic carbocycles. The van der Waals surface area contributed by atoms with Gasteiger partial charge in [0.15, 0.2) is 0 Å². The molecule has 0 radical (unpaired) electrons. The first kappa shape index (κ1) is 27.5. The largest absolute Gasteiger partial charge is 0.508 e. The highest BCUT2D eigenvalue weighted by atomic mass is 31.2. The quantitative estimate of drug-likeness (QED) is 0.285. The lowest BCUT2D eigenvalue weighted by Gasteiger charge is -2.30. The van der Waals surface area contributed by atoms with Gasteiger partial charge in [-0.1, -0.05) is 58.0 Å². The zero-order chi connectivity index (χ0) is 27.0. The SMILES string of the molecule is CC(c1cc(COc2cccc([C@@H](CP(C)(C)=O)C3CC3)c2)ccc1-c1cc(O)ccc1F)C(C)(C)C. The first-order valence-electron chi connectivity index (χ1n) is 13.2. The molecule has 1 saturated carbocycles. The molecule has 0 spiro atoms. The van der Waals surface area contributed by atoms with Crippen LogP contribution in [0.3, 0.4) is 0 Å². The third-order valence-electron chi connectivity index (χ3n) is 7.64. The van der Waals surface area contributed by atoms with E-state index in [1.807, 2.05) is 37.6 Å². The van der Waals surface area contributed by atoms with Crippen molar-refractivity contribution in [2.45, 2.75) is 59.0 Å². The van der Waals surface area contributed by atoms with Crippen LogP contribution in [0.5, 0.6) is 11.5 Å². The highest BCUT2D eigenvalue weighted by Crippen LogP contribution is 2.51. The van der Waals surface area contributed by atoms with Crippen molar-refractivity contribution in [1.29, 1.82) is 0 Å². The molecule has 3 nitrogen and oxygen atoms in total. The number of aromatic hydroxyl groups is 1. The molecule has 0 heterocycles. The van der Waals surface area contributed by atoms with Crippen LogP contribution in [0.15, 0.2) is 60.7 Å². The summed E-state index contributed by atoms with van der Waals surface area (Å²) >= 11 is 0. The van der Waals surface area contributed by atoms with Gasteiger partial charge < -0.3 is 14.4 Å². The topological polar surface area (TPSA) is 46.5 Å². The van der Waals surface area contributed by atoms with E-state index in [0.29, 0.717) is 24.0 Å². The molecule has 0 amide bonds. The molecule has 1 aliphatic carbocycles. The standard InChI is InChI=1S/C32H40FO3P/c1-21(32(2,3)4)28-16-22(10-14-27(28)29-18-25(34)13-15-31(29)33)19-36-26-9-7-8-24(17-26)30(23-11-12-23)20-37(5,6)35/h7-10,13-18,21,23,30,34H,11-12,19-20H2,1-6H3/t21?,30-/m0/s1. The maximum absolute atomic E-state index is 14.8. The fraction of sp³-hybridized carbons (Fsp3) is 0.438. The summed E-state index contributed by atoms with van der Waals surface area (Å²) in [6.45, 7) is 12.8. The average molecular weight is 523 g/mol. The van der Waals surface area contributed by atoms with Gasteiger partial charge in [0.05, 0.1) is 7.14 Å². The second-order valence-electron chi connectivity index (χ2n) is 12.2. The molecule has 0 aliphatic heterocycles. The van der Waals surface area contributed by atoms with Gasteiger partial charge in [0, 0.05) is 11.7 Å². The van der Waals surface area contributed by atoms with Gasteiger partial charge in [-0.05, 0) is 102 Å². The molecule has 4 rings (SSSR count). The molecule has 1 fully saturated rings. The van der Waals surface area contributed by atoms with Crippen LogP contribution in [0, 0.1) is 17.2 Å². The van der Waals surface area contributed by atoms with Crippen LogP contribution in [0.25, 0.3) is 11.1 Å². The summed E-state index contributed by atoms with van der Waals surface area (Å²) in [6.07, 6.45) is 3.15. The normalized spacial score (nSPS) is 15.9. The van der Waals surface area contributed by atoms with Crippen LogP contribution < -0.4 is 4.74 Å². The molecule has 0 bridgehead atoms. The summed E-state index contributed by atoms with van der Waals surface area (Å²) in [4.78, 5) is 0. The smallest absolute Gasteiger partial charge is 0.131 e. The molecule has 1 unspecified atom stereocenters. The Hall–Kier alpha value is -2.58. The maximum atomic E-state index is 14.8. The predicted molar refractivity (Wildman–Crippen MR) is 152 cm³/mol. The van der Waals surface area contributed by atoms with Crippen molar-refractivity contribution in [3.05, 3.63) is 83.2 Å². The molecule has 198 valence electrons. The zero-order valence-corrected chi connectivity index (χ0v) is 23.8. The molecule has 37 heavy (non-hydrogen) atoms. The van der Waals surface area contributed by atoms with Gasteiger partial charge in [-0.2, -0.15) is 0 Å². The van der Waals surface area contributed by atoms with Crippen molar-refractivity contribution in [1.82, 2.24) is 0 Å². The number of rotatable bonds is 9. The molecule has 0 saturated heterocycles. The minimum absolute atomic E-state index is 0.0360. The number of halogens is 1. The number of phenols is 1. The van der Waals surface area contributed by atoms with E-state index in [2.05, 4.69) is 45.9 Å². The third kappa shape index (κ3) is 7.05. The Labute approximate surface area is 221 Å². The Morgan fingerprint density at radius 2 is 1.76 bits per heavy atom. The summed E-state index contributed by atoms with van der Waals surface area (Å²) in [7, 11) is -2.13. The van der Waals surface area contributed by atoms with E-state index >= 15 is 0 Å². The number of benzene rings is 3. The van der Waals surface area contributed by atoms with Crippen LogP contribution in [-0.4, -0.2) is 24.6 Å². The monoisotopic (exact) mass is 522 g/mol. The lowest BCUT2D eigenvalue weighted by Crippen LogP contribution is -2.16. The second-order valence-corrected chi connectivity index (χ2v) is 15.7. The summed E-state index contributed by atoms with van der Waals surface area (Å²) in [5, 5.41) is 10.0. The Kier molecular flexibility index (Phi) is 7.91. The Morgan fingerprint density at radius 1 is 1.03 bits per heavy atom. The first-order chi connectivity index (χ1) is 17.3. The number of hydrogen-bond donors (Lipinski definition) is 1. The van der Waals surface area contributed by atoms with Gasteiger partial charge >= 0.3 is 0 Å². The summed E-state index contributed by atoms with van der Waals surface area (Å²) < 4.78 is 33.6. The third-order valence-corrected chi connectivity index (χ3v) is 8.91. The average Bonchev–Trinajstić information content (AvgIpc) is 3.67. The maximum Gasteiger partial charge on any atom is 0.131 e. The predicted octanol–water partition coefficient (Wildman–Crippen LogP) is 9.04. The van der Waals surface area contributed by atoms with E-state index in [-0.39, 0.29) is 22.9 Å². The van der Waals surface area contributed by atoms with Crippen LogP contribution in [0.1, 0.15) is 69.1 Å². The van der Waals surface area contributed by atoms with E-state index in [9.17, 15) is 14.1 Å². The Bertz CT molecular complexity index is 1300. The van der Waals surface area contributed by atoms with Crippen LogP contribution in [0.4, 0.5) is 4.39 Å². The lowest BCUT2D eigenvalue weighted by molar-refractivity contribution is 0.304. The van der Waals surface area contributed by atoms with Gasteiger partial charge in [0.2, 0.25) is 0 Å². The summed E-state index contributed by atoms with van der Waals surface area (Å²) in [6, 6.07) is 18.4. The molecule has 2 atom stereocenters. The van der Waals surface area contributed by atoms with E-state index in [1.165, 1.54) is 36.6 Å². The molecule has 0 aromatic heterocycles. The van der Waals surface area contributed by atoms with Gasteiger partial charge in [-0.25, -0.2) is 4.39 Å². The van der Waals surface area contributed by atoms with Crippen molar-refractivity contribution in [2.75, 3.05) is 19.5 Å². The van der Waals surface area contributed by atoms with Crippen molar-refractivity contribution in [2.24, 2.45) is 11.3 Å². The zero-order valence-electron chi connectivity index (χ0n) is 22.9. The van der Waals surface area contributed by atoms with Gasteiger partial charge in [-0.15, -0.1) is 0 Å². The minimum Gasteiger partial charge on any atom is -0.508 e. The highest BCUT2D eigenvalue weighted by Gasteiger charge is 2.34. The fourth-order valence-corrected chi connectivity index (χ4v) is 6.45. The molecule has 1 N–H and O–H groups in total. The summed E-state index contributed by atoms with van der Waals surface area (Å²) in [5.74, 6) is 1.58. The van der Waals surface area contributed by atoms with Crippen LogP contribution in [-0.2, 0) is 11.2 Å². The Morgan fingerprint density at radius 3 is 2.41 bits per heavy atom. The first-order valence-corrected chi connectivity index (χ1v) is 16.0. The van der Waals surface area contributed by atoms with Crippen molar-refractivity contribution in [3.63, 3.8) is 0 Å².